The number of fused-ring (bicyclic) bond motifs is 5. The Labute approximate surface area is 162 Å². The monoisotopic (exact) mass is 369 g/mol. The molecule has 0 aromatic carbocycles. The summed E-state index contributed by atoms with van der Waals surface area (Å²) in [4.78, 5) is 11.9. The van der Waals surface area contributed by atoms with Crippen LogP contribution in [-0.2, 0) is 9.53 Å². The maximum absolute atomic E-state index is 11.9. The average molecular weight is 370 g/mol. The lowest BCUT2D eigenvalue weighted by Gasteiger charge is -2.56. The van der Waals surface area contributed by atoms with Gasteiger partial charge in [-0.25, -0.2) is 0 Å². The zero-order valence-electron chi connectivity index (χ0n) is 16.5. The highest BCUT2D eigenvalue weighted by Gasteiger charge is 2.60. The minimum Gasteiger partial charge on any atom is -0.462 e. The molecule has 3 saturated carbocycles. The van der Waals surface area contributed by atoms with Crippen molar-refractivity contribution >= 4 is 11.7 Å². The van der Waals surface area contributed by atoms with Crippen LogP contribution in [0.1, 0.15) is 65.2 Å². The van der Waals surface area contributed by atoms with Crippen molar-refractivity contribution in [3.63, 3.8) is 0 Å². The van der Waals surface area contributed by atoms with Crippen molar-refractivity contribution in [2.75, 3.05) is 0 Å². The average Bonchev–Trinajstić information content (AvgIpc) is 3.05. The summed E-state index contributed by atoms with van der Waals surface area (Å²) in [6.45, 7) is 3.81. The topological polar surface area (TPSA) is 58.9 Å². The van der Waals surface area contributed by atoms with Gasteiger partial charge in [0.2, 0.25) is 0 Å². The van der Waals surface area contributed by atoms with E-state index in [4.69, 9.17) is 11.2 Å². The number of ether oxygens (including phenoxy) is 1. The van der Waals surface area contributed by atoms with Crippen LogP contribution in [0.25, 0.3) is 0 Å². The first-order valence-corrected chi connectivity index (χ1v) is 10.6. The summed E-state index contributed by atoms with van der Waals surface area (Å²) in [5.41, 5.74) is 2.30. The van der Waals surface area contributed by atoms with Crippen molar-refractivity contribution in [1.29, 1.82) is 0 Å². The van der Waals surface area contributed by atoms with Crippen molar-refractivity contribution in [3.05, 3.63) is 11.6 Å². The van der Waals surface area contributed by atoms with E-state index in [-0.39, 0.29) is 17.5 Å². The van der Waals surface area contributed by atoms with Gasteiger partial charge >= 0.3 is 5.97 Å². The Morgan fingerprint density at radius 2 is 2.22 bits per heavy atom. The van der Waals surface area contributed by atoms with Crippen LogP contribution >= 0.6 is 0 Å². The second kappa shape index (κ2) is 7.00. The smallest absolute Gasteiger partial charge is 0.302 e. The fourth-order valence-corrected chi connectivity index (χ4v) is 7.34. The Morgan fingerprint density at radius 3 is 2.89 bits per heavy atom. The Morgan fingerprint density at radius 1 is 1.41 bits per heavy atom. The van der Waals surface area contributed by atoms with Crippen LogP contribution in [0.5, 0.6) is 0 Å². The first kappa shape index (κ1) is 18.6. The molecule has 0 bridgehead atoms. The highest BCUT2D eigenvalue weighted by molar-refractivity contribution is 5.96. The van der Waals surface area contributed by atoms with Crippen molar-refractivity contribution in [2.24, 2.45) is 40.2 Å². The fourth-order valence-electron chi connectivity index (χ4n) is 7.34. The Hall–Kier alpha value is -1.76. The van der Waals surface area contributed by atoms with Crippen LogP contribution < -0.4 is 0 Å². The number of carbonyl (C=O) groups excluding carboxylic acids is 1. The quantitative estimate of drug-likeness (QED) is 0.336. The molecule has 0 aromatic rings. The molecule has 4 aliphatic carbocycles. The van der Waals surface area contributed by atoms with Gasteiger partial charge in [0, 0.05) is 25.2 Å². The van der Waals surface area contributed by atoms with Gasteiger partial charge in [-0.1, -0.05) is 17.7 Å². The van der Waals surface area contributed by atoms with Gasteiger partial charge < -0.3 is 9.94 Å². The molecule has 4 nitrogen and oxygen atoms in total. The van der Waals surface area contributed by atoms with Gasteiger partial charge in [0.1, 0.15) is 6.10 Å². The molecule has 4 aliphatic rings. The number of esters is 1. The van der Waals surface area contributed by atoms with Crippen LogP contribution in [0.3, 0.4) is 0 Å². The maximum atomic E-state index is 11.9. The predicted octanol–water partition coefficient (Wildman–Crippen LogP) is 4.57. The molecule has 0 spiro atoms. The van der Waals surface area contributed by atoms with E-state index in [9.17, 15) is 10.0 Å². The van der Waals surface area contributed by atoms with E-state index in [1.165, 1.54) is 25.3 Å². The summed E-state index contributed by atoms with van der Waals surface area (Å²) in [7, 11) is 0. The lowest BCUT2D eigenvalue weighted by atomic mass is 9.49. The molecular weight excluding hydrogens is 338 g/mol. The van der Waals surface area contributed by atoms with Gasteiger partial charge in [-0.2, -0.15) is 0 Å². The number of allylic oxidation sites excluding steroid dienone is 1. The van der Waals surface area contributed by atoms with Crippen molar-refractivity contribution in [3.8, 4) is 12.3 Å². The number of oxime groups is 1. The lowest BCUT2D eigenvalue weighted by Crippen LogP contribution is -2.53. The number of nitrogens with zero attached hydrogens (tertiary/aromatic N) is 1. The Balaban J connectivity index is 1.72. The number of carbonyl (C=O) groups is 1. The molecule has 27 heavy (non-hydrogen) atoms. The van der Waals surface area contributed by atoms with E-state index >= 15 is 0 Å². The molecule has 0 heterocycles. The van der Waals surface area contributed by atoms with E-state index in [0.29, 0.717) is 29.6 Å². The standard InChI is InChI=1S/C23H31NO3/c1-4-16-6-9-20-22-19(10-11-23(16,20)5-2)18-8-7-17(24-26)12-15(18)13-21(22)27-14(3)25/h1,12,16,18-22,26H,5-11,13H2,2-3H3/t16-,18+,19-,20+,21+,22-,23-/m1/s1. The summed E-state index contributed by atoms with van der Waals surface area (Å²) in [5, 5.41) is 12.6. The Kier molecular flexibility index (Phi) is 4.82. The molecule has 4 heteroatoms. The first-order valence-electron chi connectivity index (χ1n) is 10.6. The minimum absolute atomic E-state index is 0.0687. The molecule has 0 amide bonds. The minimum atomic E-state index is -0.191. The first-order chi connectivity index (χ1) is 13.0. The van der Waals surface area contributed by atoms with Crippen LogP contribution in [-0.4, -0.2) is 23.0 Å². The number of terminal acetylenes is 1. The fraction of sp³-hybridized carbons (Fsp3) is 0.739. The van der Waals surface area contributed by atoms with Crippen molar-refractivity contribution < 1.29 is 14.7 Å². The summed E-state index contributed by atoms with van der Waals surface area (Å²) in [6.07, 6.45) is 16.3. The third-order valence-electron chi connectivity index (χ3n) is 8.33. The van der Waals surface area contributed by atoms with Gasteiger partial charge in [-0.05, 0) is 74.2 Å². The molecule has 0 unspecified atom stereocenters. The second-order valence-corrected chi connectivity index (χ2v) is 9.08. The number of hydrogen-bond donors (Lipinski definition) is 1. The largest absolute Gasteiger partial charge is 0.462 e. The zero-order valence-corrected chi connectivity index (χ0v) is 16.5. The molecule has 7 atom stereocenters. The van der Waals surface area contributed by atoms with Crippen LogP contribution in [0, 0.1) is 47.3 Å². The molecule has 4 rings (SSSR count). The van der Waals surface area contributed by atoms with E-state index < -0.39 is 0 Å². The van der Waals surface area contributed by atoms with Gasteiger partial charge in [-0.3, -0.25) is 4.79 Å². The van der Waals surface area contributed by atoms with Crippen LogP contribution in [0.4, 0.5) is 0 Å². The molecular formula is C23H31NO3. The summed E-state index contributed by atoms with van der Waals surface area (Å²) >= 11 is 0. The van der Waals surface area contributed by atoms with Gasteiger partial charge in [0.25, 0.3) is 0 Å². The Bertz CT molecular complexity index is 718. The van der Waals surface area contributed by atoms with Gasteiger partial charge in [0.05, 0.1) is 5.71 Å². The molecule has 0 radical (unpaired) electrons. The van der Waals surface area contributed by atoms with Crippen LogP contribution in [0.15, 0.2) is 16.8 Å². The normalized spacial score (nSPS) is 44.5. The van der Waals surface area contributed by atoms with Gasteiger partial charge in [-0.15, -0.1) is 12.3 Å². The molecule has 0 saturated heterocycles. The zero-order chi connectivity index (χ0) is 19.2. The number of rotatable bonds is 2. The van der Waals surface area contributed by atoms with Crippen LogP contribution in [0.2, 0.25) is 0 Å². The van der Waals surface area contributed by atoms with E-state index in [1.807, 2.05) is 0 Å². The SMILES string of the molecule is C#C[C@@H]1CC[C@H]2[C@H]3[C@H](CC[C@]12CC)[C@H]1CCC(=NO)C=C1C[C@@H]3OC(C)=O. The molecule has 0 aromatic heterocycles. The van der Waals surface area contributed by atoms with E-state index in [0.717, 1.165) is 44.2 Å². The van der Waals surface area contributed by atoms with Crippen molar-refractivity contribution in [1.82, 2.24) is 0 Å². The lowest BCUT2D eigenvalue weighted by molar-refractivity contribution is -0.161. The highest BCUT2D eigenvalue weighted by Crippen LogP contribution is 2.65. The molecule has 0 aliphatic heterocycles. The highest BCUT2D eigenvalue weighted by atomic mass is 16.5. The molecule has 1 N–H and O–H groups in total. The second-order valence-electron chi connectivity index (χ2n) is 9.08. The summed E-state index contributed by atoms with van der Waals surface area (Å²) in [6, 6.07) is 0. The molecule has 146 valence electrons. The summed E-state index contributed by atoms with van der Waals surface area (Å²) in [5.74, 6) is 5.34. The predicted molar refractivity (Wildman–Crippen MR) is 104 cm³/mol. The summed E-state index contributed by atoms with van der Waals surface area (Å²) < 4.78 is 5.91. The van der Waals surface area contributed by atoms with Crippen molar-refractivity contribution in [2.45, 2.75) is 71.3 Å². The molecule has 3 fully saturated rings. The third kappa shape index (κ3) is 2.82. The van der Waals surface area contributed by atoms with E-state index in [2.05, 4.69) is 24.1 Å². The van der Waals surface area contributed by atoms with E-state index in [1.54, 1.807) is 0 Å². The number of hydrogen-bond acceptors (Lipinski definition) is 4. The third-order valence-corrected chi connectivity index (χ3v) is 8.33. The maximum Gasteiger partial charge on any atom is 0.302 e. The van der Waals surface area contributed by atoms with Gasteiger partial charge in [0.15, 0.2) is 0 Å².